The molecule has 4 heteroatoms. The zero-order chi connectivity index (χ0) is 9.97. The lowest BCUT2D eigenvalue weighted by Gasteiger charge is -2.06. The highest BCUT2D eigenvalue weighted by Crippen LogP contribution is 2.39. The van der Waals surface area contributed by atoms with Crippen LogP contribution in [0.2, 0.25) is 0 Å². The molecule has 14 heavy (non-hydrogen) atoms. The maximum atomic E-state index is 5.41. The average Bonchev–Trinajstić information content (AvgIpc) is 2.97. The predicted octanol–water partition coefficient (Wildman–Crippen LogP) is 1.03. The molecule has 0 aliphatic heterocycles. The average molecular weight is 192 g/mol. The molecule has 2 rings (SSSR count). The van der Waals surface area contributed by atoms with Gasteiger partial charge in [0.05, 0.1) is 0 Å². The SMILES string of the molecule is Cc1cc(C2CC2)nc(NCCN)n1. The summed E-state index contributed by atoms with van der Waals surface area (Å²) in [4.78, 5) is 8.76. The van der Waals surface area contributed by atoms with Crippen molar-refractivity contribution in [3.8, 4) is 0 Å². The van der Waals surface area contributed by atoms with Crippen LogP contribution in [0, 0.1) is 6.92 Å². The van der Waals surface area contributed by atoms with E-state index in [0.717, 1.165) is 18.2 Å². The molecular weight excluding hydrogens is 176 g/mol. The summed E-state index contributed by atoms with van der Waals surface area (Å²) in [6.07, 6.45) is 2.54. The lowest BCUT2D eigenvalue weighted by Crippen LogP contribution is -2.15. The fourth-order valence-electron chi connectivity index (χ4n) is 1.44. The second kappa shape index (κ2) is 3.92. The summed E-state index contributed by atoms with van der Waals surface area (Å²) in [6.45, 7) is 3.34. The Morgan fingerprint density at radius 2 is 2.29 bits per heavy atom. The van der Waals surface area contributed by atoms with Crippen molar-refractivity contribution in [1.82, 2.24) is 9.97 Å². The van der Waals surface area contributed by atoms with E-state index < -0.39 is 0 Å². The largest absolute Gasteiger partial charge is 0.353 e. The number of anilines is 1. The molecule has 0 unspecified atom stereocenters. The summed E-state index contributed by atoms with van der Waals surface area (Å²) in [7, 11) is 0. The first kappa shape index (κ1) is 9.40. The van der Waals surface area contributed by atoms with E-state index >= 15 is 0 Å². The van der Waals surface area contributed by atoms with Crippen LogP contribution < -0.4 is 11.1 Å². The third-order valence-electron chi connectivity index (χ3n) is 2.30. The van der Waals surface area contributed by atoms with Gasteiger partial charge in [-0.15, -0.1) is 0 Å². The van der Waals surface area contributed by atoms with E-state index in [4.69, 9.17) is 5.73 Å². The van der Waals surface area contributed by atoms with E-state index in [-0.39, 0.29) is 0 Å². The van der Waals surface area contributed by atoms with Gasteiger partial charge in [0.1, 0.15) is 0 Å². The summed E-state index contributed by atoms with van der Waals surface area (Å²) in [5.41, 5.74) is 7.61. The Bertz CT molecular complexity index is 320. The maximum Gasteiger partial charge on any atom is 0.223 e. The fraction of sp³-hybridized carbons (Fsp3) is 0.600. The molecule has 1 heterocycles. The second-order valence-corrected chi connectivity index (χ2v) is 3.75. The Hall–Kier alpha value is -1.16. The summed E-state index contributed by atoms with van der Waals surface area (Å²) in [6, 6.07) is 2.07. The second-order valence-electron chi connectivity index (χ2n) is 3.75. The van der Waals surface area contributed by atoms with Crippen LogP contribution >= 0.6 is 0 Å². The van der Waals surface area contributed by atoms with Gasteiger partial charge in [-0.2, -0.15) is 0 Å². The summed E-state index contributed by atoms with van der Waals surface area (Å²) in [5.74, 6) is 1.40. The van der Waals surface area contributed by atoms with Crippen LogP contribution in [-0.4, -0.2) is 23.1 Å². The Labute approximate surface area is 83.9 Å². The molecule has 1 fully saturated rings. The van der Waals surface area contributed by atoms with Gasteiger partial charge in [0.15, 0.2) is 0 Å². The van der Waals surface area contributed by atoms with Gasteiger partial charge >= 0.3 is 0 Å². The summed E-state index contributed by atoms with van der Waals surface area (Å²) >= 11 is 0. The van der Waals surface area contributed by atoms with E-state index in [2.05, 4.69) is 21.4 Å². The van der Waals surface area contributed by atoms with Crippen LogP contribution in [0.3, 0.4) is 0 Å². The number of aromatic nitrogens is 2. The smallest absolute Gasteiger partial charge is 0.223 e. The summed E-state index contributed by atoms with van der Waals surface area (Å²) in [5, 5.41) is 3.11. The molecule has 1 aliphatic rings. The Morgan fingerprint density at radius 3 is 2.93 bits per heavy atom. The zero-order valence-electron chi connectivity index (χ0n) is 8.45. The van der Waals surface area contributed by atoms with E-state index in [0.29, 0.717) is 12.5 Å². The van der Waals surface area contributed by atoms with Crippen molar-refractivity contribution in [1.29, 1.82) is 0 Å². The van der Waals surface area contributed by atoms with Crippen LogP contribution in [0.4, 0.5) is 5.95 Å². The van der Waals surface area contributed by atoms with Gasteiger partial charge in [-0.05, 0) is 25.8 Å². The van der Waals surface area contributed by atoms with Crippen LogP contribution in [0.25, 0.3) is 0 Å². The first-order valence-electron chi connectivity index (χ1n) is 5.09. The molecule has 0 radical (unpaired) electrons. The molecule has 0 amide bonds. The predicted molar refractivity (Wildman–Crippen MR) is 56.3 cm³/mol. The number of nitrogens with zero attached hydrogens (tertiary/aromatic N) is 2. The molecule has 76 valence electrons. The highest BCUT2D eigenvalue weighted by molar-refractivity contribution is 5.30. The highest BCUT2D eigenvalue weighted by Gasteiger charge is 2.25. The maximum absolute atomic E-state index is 5.41. The van der Waals surface area contributed by atoms with Gasteiger partial charge < -0.3 is 11.1 Å². The normalized spacial score (nSPS) is 15.6. The zero-order valence-corrected chi connectivity index (χ0v) is 8.45. The molecule has 0 saturated heterocycles. The number of hydrogen-bond acceptors (Lipinski definition) is 4. The molecule has 3 N–H and O–H groups in total. The minimum atomic E-state index is 0.607. The van der Waals surface area contributed by atoms with Crippen molar-refractivity contribution in [2.24, 2.45) is 5.73 Å². The molecule has 1 aromatic rings. The Morgan fingerprint density at radius 1 is 1.50 bits per heavy atom. The molecule has 0 spiro atoms. The topological polar surface area (TPSA) is 63.8 Å². The summed E-state index contributed by atoms with van der Waals surface area (Å²) < 4.78 is 0. The third kappa shape index (κ3) is 2.20. The Kier molecular flexibility index (Phi) is 2.63. The lowest BCUT2D eigenvalue weighted by atomic mass is 10.2. The molecule has 0 aromatic carbocycles. The van der Waals surface area contributed by atoms with Gasteiger partial charge in [-0.25, -0.2) is 9.97 Å². The van der Waals surface area contributed by atoms with Gasteiger partial charge in [0.2, 0.25) is 5.95 Å². The van der Waals surface area contributed by atoms with Crippen LogP contribution in [0.5, 0.6) is 0 Å². The number of hydrogen-bond donors (Lipinski definition) is 2. The van der Waals surface area contributed by atoms with E-state index in [1.165, 1.54) is 18.5 Å². The van der Waals surface area contributed by atoms with Crippen LogP contribution in [0.15, 0.2) is 6.07 Å². The monoisotopic (exact) mass is 192 g/mol. The third-order valence-corrected chi connectivity index (χ3v) is 2.30. The molecule has 1 aliphatic carbocycles. The minimum absolute atomic E-state index is 0.607. The first-order valence-corrected chi connectivity index (χ1v) is 5.09. The molecule has 1 aromatic heterocycles. The lowest BCUT2D eigenvalue weighted by molar-refractivity contribution is 0.934. The quantitative estimate of drug-likeness (QED) is 0.748. The van der Waals surface area contributed by atoms with E-state index in [1.807, 2.05) is 6.92 Å². The van der Waals surface area contributed by atoms with Crippen molar-refractivity contribution >= 4 is 5.95 Å². The highest BCUT2D eigenvalue weighted by atomic mass is 15.1. The Balaban J connectivity index is 2.13. The molecule has 0 atom stereocenters. The van der Waals surface area contributed by atoms with Crippen LogP contribution in [-0.2, 0) is 0 Å². The minimum Gasteiger partial charge on any atom is -0.353 e. The fourth-order valence-corrected chi connectivity index (χ4v) is 1.44. The number of aryl methyl sites for hydroxylation is 1. The van der Waals surface area contributed by atoms with Gasteiger partial charge in [-0.3, -0.25) is 0 Å². The van der Waals surface area contributed by atoms with Gasteiger partial charge in [0, 0.05) is 30.4 Å². The molecule has 4 nitrogen and oxygen atoms in total. The van der Waals surface area contributed by atoms with E-state index in [1.54, 1.807) is 0 Å². The van der Waals surface area contributed by atoms with Gasteiger partial charge in [-0.1, -0.05) is 0 Å². The van der Waals surface area contributed by atoms with Crippen molar-refractivity contribution < 1.29 is 0 Å². The number of nitrogens with one attached hydrogen (secondary N) is 1. The molecule has 1 saturated carbocycles. The van der Waals surface area contributed by atoms with Crippen molar-refractivity contribution in [3.05, 3.63) is 17.5 Å². The molecule has 0 bridgehead atoms. The molecular formula is C10H16N4. The number of nitrogens with two attached hydrogens (primary N) is 1. The standard InChI is InChI=1S/C10H16N4/c1-7-6-9(8-2-3-8)14-10(13-7)12-5-4-11/h6,8H,2-5,11H2,1H3,(H,12,13,14). The van der Waals surface area contributed by atoms with Crippen molar-refractivity contribution in [2.75, 3.05) is 18.4 Å². The number of rotatable bonds is 4. The first-order chi connectivity index (χ1) is 6.79. The van der Waals surface area contributed by atoms with Gasteiger partial charge in [0.25, 0.3) is 0 Å². The van der Waals surface area contributed by atoms with E-state index in [9.17, 15) is 0 Å². The van der Waals surface area contributed by atoms with Crippen molar-refractivity contribution in [3.63, 3.8) is 0 Å². The van der Waals surface area contributed by atoms with Crippen LogP contribution in [0.1, 0.15) is 30.1 Å². The van der Waals surface area contributed by atoms with Crippen molar-refractivity contribution in [2.45, 2.75) is 25.7 Å².